The van der Waals surface area contributed by atoms with Crippen LogP contribution in [-0.4, -0.2) is 21.4 Å². The van der Waals surface area contributed by atoms with Crippen molar-refractivity contribution in [2.75, 3.05) is 5.32 Å². The fourth-order valence-electron chi connectivity index (χ4n) is 3.11. The van der Waals surface area contributed by atoms with Crippen molar-refractivity contribution < 1.29 is 9.59 Å². The molecule has 3 N–H and O–H groups in total. The second kappa shape index (κ2) is 6.86. The molecule has 0 saturated heterocycles. The Balaban J connectivity index is 1.69. The number of fused-ring (bicyclic) bond motifs is 1. The largest absolute Gasteiger partial charge is 0.370 e. The molecule has 1 unspecified atom stereocenters. The van der Waals surface area contributed by atoms with Crippen LogP contribution in [0.2, 0.25) is 0 Å². The van der Waals surface area contributed by atoms with Gasteiger partial charge in [-0.2, -0.15) is 0 Å². The fraction of sp³-hybridized carbons (Fsp3) is 0.389. The van der Waals surface area contributed by atoms with Crippen molar-refractivity contribution in [1.29, 1.82) is 0 Å². The molecule has 1 aromatic carbocycles. The summed E-state index contributed by atoms with van der Waals surface area (Å²) in [5, 5.41) is 2.91. The van der Waals surface area contributed by atoms with E-state index in [0.29, 0.717) is 12.1 Å². The first-order valence-electron chi connectivity index (χ1n) is 8.28. The van der Waals surface area contributed by atoms with Crippen LogP contribution in [0.3, 0.4) is 0 Å². The number of carbonyl (C=O) groups is 2. The van der Waals surface area contributed by atoms with E-state index in [-0.39, 0.29) is 17.7 Å². The normalized spacial score (nSPS) is 14.7. The van der Waals surface area contributed by atoms with E-state index in [1.165, 1.54) is 0 Å². The molecule has 0 radical (unpaired) electrons. The summed E-state index contributed by atoms with van der Waals surface area (Å²) >= 11 is 0. The summed E-state index contributed by atoms with van der Waals surface area (Å²) in [4.78, 5) is 27.8. The lowest BCUT2D eigenvalue weighted by molar-refractivity contribution is -0.118. The minimum absolute atomic E-state index is 0.0640. The highest BCUT2D eigenvalue weighted by Gasteiger charge is 2.19. The lowest BCUT2D eigenvalue weighted by Gasteiger charge is -2.16. The second-order valence-electron chi connectivity index (χ2n) is 6.32. The first-order chi connectivity index (χ1) is 11.5. The molecule has 3 rings (SSSR count). The number of hydrogen-bond donors (Lipinski definition) is 2. The van der Waals surface area contributed by atoms with E-state index in [1.807, 2.05) is 35.8 Å². The van der Waals surface area contributed by atoms with Crippen molar-refractivity contribution >= 4 is 17.5 Å². The van der Waals surface area contributed by atoms with Crippen molar-refractivity contribution in [2.45, 2.75) is 45.1 Å². The van der Waals surface area contributed by atoms with Crippen LogP contribution in [0.1, 0.15) is 54.0 Å². The maximum Gasteiger partial charge on any atom is 0.273 e. The van der Waals surface area contributed by atoms with Crippen molar-refractivity contribution in [3.63, 3.8) is 0 Å². The first-order valence-corrected chi connectivity index (χ1v) is 8.28. The third-order valence-electron chi connectivity index (χ3n) is 4.45. The Morgan fingerprint density at radius 3 is 2.75 bits per heavy atom. The van der Waals surface area contributed by atoms with Gasteiger partial charge in [-0.1, -0.05) is 19.1 Å². The van der Waals surface area contributed by atoms with Crippen LogP contribution in [0.5, 0.6) is 0 Å². The number of amides is 2. The van der Waals surface area contributed by atoms with E-state index in [9.17, 15) is 9.59 Å². The third-order valence-corrected chi connectivity index (χ3v) is 4.45. The predicted octanol–water partition coefficient (Wildman–Crippen LogP) is 2.45. The summed E-state index contributed by atoms with van der Waals surface area (Å²) in [5.41, 5.74) is 7.58. The zero-order valence-electron chi connectivity index (χ0n) is 13.8. The predicted molar refractivity (Wildman–Crippen MR) is 91.8 cm³/mol. The van der Waals surface area contributed by atoms with Crippen LogP contribution in [0.4, 0.5) is 5.69 Å². The molecular weight excluding hydrogens is 304 g/mol. The number of hydrogen-bond acceptors (Lipinski definition) is 3. The van der Waals surface area contributed by atoms with E-state index in [1.54, 1.807) is 6.20 Å². The van der Waals surface area contributed by atoms with Gasteiger partial charge in [0.05, 0.1) is 6.20 Å². The number of anilines is 1. The zero-order chi connectivity index (χ0) is 17.1. The van der Waals surface area contributed by atoms with E-state index in [2.05, 4.69) is 10.3 Å². The van der Waals surface area contributed by atoms with E-state index in [0.717, 1.165) is 42.9 Å². The molecule has 1 aliphatic rings. The number of nitrogens with one attached hydrogen (secondary N) is 1. The van der Waals surface area contributed by atoms with Crippen LogP contribution in [0.15, 0.2) is 30.5 Å². The Hall–Kier alpha value is -2.63. The summed E-state index contributed by atoms with van der Waals surface area (Å²) in [7, 11) is 0. The SMILES string of the molecule is CC(CC(N)=O)c1ccc(NC(=O)c2cnc3n2CCCC3)cc1. The quantitative estimate of drug-likeness (QED) is 0.884. The van der Waals surface area contributed by atoms with Crippen LogP contribution >= 0.6 is 0 Å². The highest BCUT2D eigenvalue weighted by molar-refractivity contribution is 6.03. The summed E-state index contributed by atoms with van der Waals surface area (Å²) in [6, 6.07) is 7.51. The van der Waals surface area contributed by atoms with Gasteiger partial charge in [0.15, 0.2) is 0 Å². The van der Waals surface area contributed by atoms with Crippen molar-refractivity contribution in [3.8, 4) is 0 Å². The highest BCUT2D eigenvalue weighted by atomic mass is 16.2. The Kier molecular flexibility index (Phi) is 4.64. The molecule has 0 fully saturated rings. The molecule has 2 aromatic rings. The van der Waals surface area contributed by atoms with Crippen molar-refractivity contribution in [2.24, 2.45) is 5.73 Å². The second-order valence-corrected chi connectivity index (χ2v) is 6.32. The van der Waals surface area contributed by atoms with Crippen molar-refractivity contribution in [1.82, 2.24) is 9.55 Å². The van der Waals surface area contributed by atoms with Crippen LogP contribution in [0.25, 0.3) is 0 Å². The lowest BCUT2D eigenvalue weighted by Crippen LogP contribution is -2.20. The average Bonchev–Trinajstić information content (AvgIpc) is 2.99. The topological polar surface area (TPSA) is 90.0 Å². The van der Waals surface area contributed by atoms with Gasteiger partial charge in [0.1, 0.15) is 11.5 Å². The Morgan fingerprint density at radius 1 is 1.29 bits per heavy atom. The molecule has 24 heavy (non-hydrogen) atoms. The van der Waals surface area contributed by atoms with E-state index < -0.39 is 0 Å². The number of benzene rings is 1. The molecule has 6 nitrogen and oxygen atoms in total. The molecule has 0 aliphatic carbocycles. The number of imidazole rings is 1. The molecule has 1 aliphatic heterocycles. The Labute approximate surface area is 141 Å². The maximum absolute atomic E-state index is 12.5. The number of rotatable bonds is 5. The number of nitrogens with zero attached hydrogens (tertiary/aromatic N) is 2. The molecule has 1 aromatic heterocycles. The monoisotopic (exact) mass is 326 g/mol. The van der Waals surface area contributed by atoms with Crippen LogP contribution < -0.4 is 11.1 Å². The van der Waals surface area contributed by atoms with E-state index in [4.69, 9.17) is 5.73 Å². The first kappa shape index (κ1) is 16.2. The van der Waals surface area contributed by atoms with Gasteiger partial charge >= 0.3 is 0 Å². The number of primary amides is 1. The molecule has 1 atom stereocenters. The van der Waals surface area contributed by atoms with Gasteiger partial charge in [0.25, 0.3) is 5.91 Å². The molecule has 2 amide bonds. The molecule has 126 valence electrons. The van der Waals surface area contributed by atoms with Gasteiger partial charge in [-0.05, 0) is 36.5 Å². The van der Waals surface area contributed by atoms with Gasteiger partial charge in [-0.25, -0.2) is 4.98 Å². The summed E-state index contributed by atoms with van der Waals surface area (Å²) < 4.78 is 2.00. The average molecular weight is 326 g/mol. The third kappa shape index (κ3) is 3.48. The standard InChI is InChI=1S/C18H22N4O2/c1-12(10-16(19)23)13-5-7-14(8-6-13)21-18(24)15-11-20-17-4-2-3-9-22(15)17/h5-8,11-12H,2-4,9-10H2,1H3,(H2,19,23)(H,21,24). The van der Waals surface area contributed by atoms with Gasteiger partial charge in [0, 0.05) is 25.1 Å². The summed E-state index contributed by atoms with van der Waals surface area (Å²) in [6.07, 6.45) is 5.10. The number of aryl methyl sites for hydroxylation is 1. The molecule has 0 spiro atoms. The Morgan fingerprint density at radius 2 is 2.04 bits per heavy atom. The minimum atomic E-state index is -0.314. The van der Waals surface area contributed by atoms with Gasteiger partial charge in [-0.15, -0.1) is 0 Å². The van der Waals surface area contributed by atoms with Crippen LogP contribution in [0, 0.1) is 0 Å². The highest BCUT2D eigenvalue weighted by Crippen LogP contribution is 2.22. The smallest absolute Gasteiger partial charge is 0.273 e. The molecule has 0 saturated carbocycles. The van der Waals surface area contributed by atoms with Crippen LogP contribution in [-0.2, 0) is 17.8 Å². The number of aromatic nitrogens is 2. The summed E-state index contributed by atoms with van der Waals surface area (Å²) in [5.74, 6) is 0.593. The van der Waals surface area contributed by atoms with Gasteiger partial charge in [-0.3, -0.25) is 9.59 Å². The number of nitrogens with two attached hydrogens (primary N) is 1. The minimum Gasteiger partial charge on any atom is -0.370 e. The van der Waals surface area contributed by atoms with Gasteiger partial charge in [0.2, 0.25) is 5.91 Å². The maximum atomic E-state index is 12.5. The molecule has 6 heteroatoms. The fourth-order valence-corrected chi connectivity index (χ4v) is 3.11. The molecule has 0 bridgehead atoms. The number of carbonyl (C=O) groups excluding carboxylic acids is 2. The molecule has 2 heterocycles. The van der Waals surface area contributed by atoms with E-state index >= 15 is 0 Å². The Bertz CT molecular complexity index is 749. The summed E-state index contributed by atoms with van der Waals surface area (Å²) in [6.45, 7) is 2.80. The molecular formula is C18H22N4O2. The zero-order valence-corrected chi connectivity index (χ0v) is 13.8. The lowest BCUT2D eigenvalue weighted by atomic mass is 9.97. The van der Waals surface area contributed by atoms with Crippen molar-refractivity contribution in [3.05, 3.63) is 47.5 Å². The van der Waals surface area contributed by atoms with Gasteiger partial charge < -0.3 is 15.6 Å².